The van der Waals surface area contributed by atoms with Crippen molar-refractivity contribution in [2.75, 3.05) is 10.6 Å². The molecule has 0 saturated carbocycles. The van der Waals surface area contributed by atoms with Crippen LogP contribution in [-0.2, 0) is 21.4 Å². The van der Waals surface area contributed by atoms with Crippen LogP contribution in [0.3, 0.4) is 0 Å². The number of carbonyl (C=O) groups excluding carboxylic acids is 1. The normalized spacial score (nSPS) is 12.1. The summed E-state index contributed by atoms with van der Waals surface area (Å²) in [5.74, 6) is 1.20. The van der Waals surface area contributed by atoms with Crippen molar-refractivity contribution in [3.05, 3.63) is 120 Å². The average molecular weight is 544 g/mol. The summed E-state index contributed by atoms with van der Waals surface area (Å²) in [5, 5.41) is 4.05. The molecule has 0 radical (unpaired) electrons. The van der Waals surface area contributed by atoms with Gasteiger partial charge in [-0.3, -0.25) is 9.10 Å². The van der Waals surface area contributed by atoms with Crippen LogP contribution in [0.2, 0.25) is 0 Å². The van der Waals surface area contributed by atoms with Crippen molar-refractivity contribution >= 4 is 27.8 Å². The Labute approximate surface area is 228 Å². The fourth-order valence-electron chi connectivity index (χ4n) is 3.81. The van der Waals surface area contributed by atoms with Crippen LogP contribution in [-0.4, -0.2) is 32.8 Å². The van der Waals surface area contributed by atoms with Crippen LogP contribution in [0.15, 0.2) is 114 Å². The highest BCUT2D eigenvalue weighted by atomic mass is 32.2. The van der Waals surface area contributed by atoms with E-state index in [1.54, 1.807) is 30.3 Å². The number of rotatable bonds is 11. The number of nitrogens with one attached hydrogen (secondary N) is 1. The molecule has 1 amide bonds. The van der Waals surface area contributed by atoms with Gasteiger partial charge in [-0.1, -0.05) is 60.7 Å². The molecule has 200 valence electrons. The topological polar surface area (TPSA) is 97.3 Å². The van der Waals surface area contributed by atoms with Crippen molar-refractivity contribution in [1.29, 1.82) is 0 Å². The first-order chi connectivity index (χ1) is 18.8. The number of hydrogen-bond donors (Lipinski definition) is 1. The number of hydrogen-bond acceptors (Lipinski definition) is 6. The second kappa shape index (κ2) is 12.7. The lowest BCUT2D eigenvalue weighted by molar-refractivity contribution is -0.121. The Hall–Kier alpha value is -4.63. The first-order valence-electron chi connectivity index (χ1n) is 12.2. The molecule has 1 N–H and O–H groups in total. The summed E-state index contributed by atoms with van der Waals surface area (Å²) in [5.41, 5.74) is 4.45. The van der Waals surface area contributed by atoms with E-state index in [-0.39, 0.29) is 0 Å². The molecule has 8 nitrogen and oxygen atoms in total. The Morgan fingerprint density at radius 1 is 0.872 bits per heavy atom. The number of ether oxygens (including phenoxy) is 2. The van der Waals surface area contributed by atoms with Crippen molar-refractivity contribution in [3.8, 4) is 17.2 Å². The number of amides is 1. The summed E-state index contributed by atoms with van der Waals surface area (Å²) in [7, 11) is -3.79. The maximum atomic E-state index is 12.9. The predicted molar refractivity (Wildman–Crippen MR) is 153 cm³/mol. The molecule has 4 aromatic rings. The first-order valence-corrected chi connectivity index (χ1v) is 14.1. The minimum Gasteiger partial charge on any atom is -0.488 e. The quantitative estimate of drug-likeness (QED) is 0.203. The van der Waals surface area contributed by atoms with Gasteiger partial charge in [0, 0.05) is 5.56 Å². The summed E-state index contributed by atoms with van der Waals surface area (Å²) in [6, 6.07) is 31.7. The molecule has 4 aromatic carbocycles. The molecule has 0 aromatic heterocycles. The van der Waals surface area contributed by atoms with Gasteiger partial charge < -0.3 is 9.47 Å². The third kappa shape index (κ3) is 7.68. The summed E-state index contributed by atoms with van der Waals surface area (Å²) in [4.78, 5) is 12.9. The molecule has 0 saturated heterocycles. The molecule has 0 aliphatic carbocycles. The van der Waals surface area contributed by atoms with Gasteiger partial charge in [0.2, 0.25) is 10.0 Å². The van der Waals surface area contributed by atoms with E-state index in [2.05, 4.69) is 10.5 Å². The Balaban J connectivity index is 1.42. The first kappa shape index (κ1) is 27.4. The van der Waals surface area contributed by atoms with Gasteiger partial charge in [0.1, 0.15) is 29.9 Å². The third-order valence-electron chi connectivity index (χ3n) is 5.69. The zero-order valence-electron chi connectivity index (χ0n) is 21.6. The Bertz CT molecular complexity index is 1510. The largest absolute Gasteiger partial charge is 0.488 e. The second-order valence-corrected chi connectivity index (χ2v) is 10.5. The van der Waals surface area contributed by atoms with Crippen molar-refractivity contribution in [2.45, 2.75) is 19.6 Å². The number of para-hydroxylation sites is 2. The predicted octanol–water partition coefficient (Wildman–Crippen LogP) is 5.36. The number of benzene rings is 4. The fraction of sp³-hybridized carbons (Fsp3) is 0.133. The monoisotopic (exact) mass is 543 g/mol. The standard InChI is InChI=1S/C30H29N3O5S/c1-23(33(39(2,35)36)26-17-19-28(20-18-26)38-27-14-7-4-8-15-27)30(34)32-31-21-25-13-9-10-16-29(25)37-22-24-11-5-3-6-12-24/h3-21,23H,22H2,1-2H3,(H,32,34)/b31-21-/t23-/m1/s1. The van der Waals surface area contributed by atoms with E-state index in [9.17, 15) is 13.2 Å². The number of anilines is 1. The molecular weight excluding hydrogens is 514 g/mol. The summed E-state index contributed by atoms with van der Waals surface area (Å²) in [6.07, 6.45) is 2.51. The van der Waals surface area contributed by atoms with Crippen LogP contribution in [0, 0.1) is 0 Å². The van der Waals surface area contributed by atoms with Crippen molar-refractivity contribution in [2.24, 2.45) is 5.10 Å². The van der Waals surface area contributed by atoms with Gasteiger partial charge in [-0.2, -0.15) is 5.10 Å². The van der Waals surface area contributed by atoms with E-state index in [4.69, 9.17) is 9.47 Å². The van der Waals surface area contributed by atoms with E-state index in [0.717, 1.165) is 16.1 Å². The SMILES string of the molecule is C[C@H](C(=O)N/N=C\c1ccccc1OCc1ccccc1)N(c1ccc(Oc2ccccc2)cc1)S(C)(=O)=O. The maximum absolute atomic E-state index is 12.9. The van der Waals surface area contributed by atoms with Crippen LogP contribution in [0.1, 0.15) is 18.1 Å². The minimum atomic E-state index is -3.79. The highest BCUT2D eigenvalue weighted by molar-refractivity contribution is 7.92. The summed E-state index contributed by atoms with van der Waals surface area (Å²) >= 11 is 0. The smallest absolute Gasteiger partial charge is 0.263 e. The lowest BCUT2D eigenvalue weighted by Gasteiger charge is -2.27. The molecular formula is C30H29N3O5S. The maximum Gasteiger partial charge on any atom is 0.263 e. The zero-order chi connectivity index (χ0) is 27.7. The summed E-state index contributed by atoms with van der Waals surface area (Å²) < 4.78 is 38.0. The molecule has 0 aliphatic rings. The average Bonchev–Trinajstić information content (AvgIpc) is 2.94. The number of hydrazone groups is 1. The molecule has 39 heavy (non-hydrogen) atoms. The highest BCUT2D eigenvalue weighted by Crippen LogP contribution is 2.27. The Morgan fingerprint density at radius 3 is 2.13 bits per heavy atom. The molecule has 0 bridgehead atoms. The van der Waals surface area contributed by atoms with Crippen LogP contribution in [0.25, 0.3) is 0 Å². The highest BCUT2D eigenvalue weighted by Gasteiger charge is 2.29. The molecule has 0 fully saturated rings. The molecule has 9 heteroatoms. The third-order valence-corrected chi connectivity index (χ3v) is 6.93. The van der Waals surface area contributed by atoms with Gasteiger partial charge >= 0.3 is 0 Å². The van der Waals surface area contributed by atoms with Gasteiger partial charge in [-0.25, -0.2) is 13.8 Å². The molecule has 0 unspecified atom stereocenters. The van der Waals surface area contributed by atoms with Gasteiger partial charge in [-0.15, -0.1) is 0 Å². The van der Waals surface area contributed by atoms with Crippen LogP contribution in [0.4, 0.5) is 5.69 Å². The van der Waals surface area contributed by atoms with Crippen LogP contribution >= 0.6 is 0 Å². The molecule has 4 rings (SSSR count). The Morgan fingerprint density at radius 2 is 1.46 bits per heavy atom. The van der Waals surface area contributed by atoms with Gasteiger partial charge in [0.15, 0.2) is 0 Å². The molecule has 0 heterocycles. The van der Waals surface area contributed by atoms with Crippen LogP contribution < -0.4 is 19.2 Å². The van der Waals surface area contributed by atoms with E-state index >= 15 is 0 Å². The lowest BCUT2D eigenvalue weighted by atomic mass is 10.2. The van der Waals surface area contributed by atoms with E-state index in [1.807, 2.05) is 78.9 Å². The van der Waals surface area contributed by atoms with Crippen LogP contribution in [0.5, 0.6) is 17.2 Å². The zero-order valence-corrected chi connectivity index (χ0v) is 22.4. The van der Waals surface area contributed by atoms with Crippen molar-refractivity contribution in [1.82, 2.24) is 5.43 Å². The van der Waals surface area contributed by atoms with E-state index < -0.39 is 22.0 Å². The molecule has 0 spiro atoms. The summed E-state index contributed by atoms with van der Waals surface area (Å²) in [6.45, 7) is 1.88. The van der Waals surface area contributed by atoms with Gasteiger partial charge in [-0.05, 0) is 61.0 Å². The van der Waals surface area contributed by atoms with Crippen molar-refractivity contribution in [3.63, 3.8) is 0 Å². The minimum absolute atomic E-state index is 0.323. The second-order valence-electron chi connectivity index (χ2n) is 8.69. The lowest BCUT2D eigenvalue weighted by Crippen LogP contribution is -2.46. The van der Waals surface area contributed by atoms with Gasteiger partial charge in [0.05, 0.1) is 18.2 Å². The number of sulfonamides is 1. The van der Waals surface area contributed by atoms with E-state index in [1.165, 1.54) is 13.1 Å². The Kier molecular flexibility index (Phi) is 8.96. The number of carbonyl (C=O) groups is 1. The van der Waals surface area contributed by atoms with Crippen molar-refractivity contribution < 1.29 is 22.7 Å². The van der Waals surface area contributed by atoms with Gasteiger partial charge in [0.25, 0.3) is 5.91 Å². The van der Waals surface area contributed by atoms with E-state index in [0.29, 0.717) is 35.1 Å². The fourth-order valence-corrected chi connectivity index (χ4v) is 4.98. The molecule has 0 aliphatic heterocycles. The number of nitrogens with zero attached hydrogens (tertiary/aromatic N) is 2. The molecule has 1 atom stereocenters.